The predicted octanol–water partition coefficient (Wildman–Crippen LogP) is 3.75. The fourth-order valence-corrected chi connectivity index (χ4v) is 3.59. The Hall–Kier alpha value is -0.0800. The van der Waals surface area contributed by atoms with E-state index in [1.165, 1.54) is 57.8 Å². The topological polar surface area (TPSA) is 18.5 Å². The summed E-state index contributed by atoms with van der Waals surface area (Å²) in [5, 5.41) is 0. The van der Waals surface area contributed by atoms with E-state index in [9.17, 15) is 0 Å². The highest BCUT2D eigenvalue weighted by molar-refractivity contribution is 4.83. The summed E-state index contributed by atoms with van der Waals surface area (Å²) < 4.78 is 10.9. The third kappa shape index (κ3) is 3.21. The van der Waals surface area contributed by atoms with Crippen LogP contribution in [0.4, 0.5) is 0 Å². The molecule has 0 spiro atoms. The van der Waals surface area contributed by atoms with Crippen molar-refractivity contribution in [2.45, 2.75) is 63.9 Å². The van der Waals surface area contributed by atoms with Gasteiger partial charge >= 0.3 is 0 Å². The van der Waals surface area contributed by atoms with Gasteiger partial charge in [0.05, 0.1) is 6.10 Å². The molecule has 0 aromatic carbocycles. The first kappa shape index (κ1) is 12.4. The van der Waals surface area contributed by atoms with Gasteiger partial charge < -0.3 is 9.47 Å². The van der Waals surface area contributed by atoms with Crippen LogP contribution in [-0.2, 0) is 9.47 Å². The average molecular weight is 226 g/mol. The van der Waals surface area contributed by atoms with E-state index in [1.807, 2.05) is 0 Å². The lowest BCUT2D eigenvalue weighted by Crippen LogP contribution is -2.34. The van der Waals surface area contributed by atoms with Gasteiger partial charge in [0, 0.05) is 7.11 Å². The second kappa shape index (κ2) is 6.61. The Morgan fingerprint density at radius 3 is 2.31 bits per heavy atom. The van der Waals surface area contributed by atoms with Crippen LogP contribution in [0, 0.1) is 11.8 Å². The van der Waals surface area contributed by atoms with E-state index in [0.29, 0.717) is 12.9 Å². The zero-order valence-electron chi connectivity index (χ0n) is 10.6. The minimum atomic E-state index is 0.480. The second-order valence-corrected chi connectivity index (χ2v) is 5.46. The Morgan fingerprint density at radius 1 is 0.875 bits per heavy atom. The van der Waals surface area contributed by atoms with Crippen LogP contribution in [0.5, 0.6) is 0 Å². The first-order chi connectivity index (χ1) is 7.92. The monoisotopic (exact) mass is 226 g/mol. The van der Waals surface area contributed by atoms with Crippen LogP contribution in [-0.4, -0.2) is 20.0 Å². The van der Waals surface area contributed by atoms with E-state index in [2.05, 4.69) is 0 Å². The third-order valence-corrected chi connectivity index (χ3v) is 4.41. The maximum absolute atomic E-state index is 5.88. The molecule has 0 heterocycles. The maximum atomic E-state index is 5.88. The molecule has 0 saturated heterocycles. The predicted molar refractivity (Wildman–Crippen MR) is 65.3 cm³/mol. The zero-order chi connectivity index (χ0) is 11.2. The first-order valence-corrected chi connectivity index (χ1v) is 7.02. The number of methoxy groups -OCH3 is 1. The van der Waals surface area contributed by atoms with Gasteiger partial charge in [-0.25, -0.2) is 0 Å². The van der Waals surface area contributed by atoms with E-state index in [1.54, 1.807) is 7.11 Å². The molecule has 2 heteroatoms. The van der Waals surface area contributed by atoms with Gasteiger partial charge in [-0.2, -0.15) is 0 Å². The fraction of sp³-hybridized carbons (Fsp3) is 1.00. The summed E-state index contributed by atoms with van der Waals surface area (Å²) >= 11 is 0. The minimum Gasteiger partial charge on any atom is -0.359 e. The molecule has 0 aromatic heterocycles. The smallest absolute Gasteiger partial charge is 0.146 e. The standard InChI is InChI=1S/C14H26O2/c1-15-11-16-14-10-6-5-9-13(14)12-7-3-2-4-8-12/h12-14H,2-11H2,1H3. The Morgan fingerprint density at radius 2 is 1.56 bits per heavy atom. The second-order valence-electron chi connectivity index (χ2n) is 5.46. The summed E-state index contributed by atoms with van der Waals surface area (Å²) in [4.78, 5) is 0. The van der Waals surface area contributed by atoms with Crippen LogP contribution in [0.3, 0.4) is 0 Å². The minimum absolute atomic E-state index is 0.480. The number of rotatable bonds is 4. The van der Waals surface area contributed by atoms with E-state index in [0.717, 1.165) is 11.8 Å². The van der Waals surface area contributed by atoms with Crippen LogP contribution in [0.2, 0.25) is 0 Å². The molecule has 2 aliphatic carbocycles. The van der Waals surface area contributed by atoms with Gasteiger partial charge in [0.1, 0.15) is 6.79 Å². The molecule has 2 unspecified atom stereocenters. The molecule has 2 saturated carbocycles. The Bertz CT molecular complexity index is 187. The van der Waals surface area contributed by atoms with E-state index >= 15 is 0 Å². The van der Waals surface area contributed by atoms with Crippen molar-refractivity contribution in [3.63, 3.8) is 0 Å². The number of hydrogen-bond donors (Lipinski definition) is 0. The average Bonchev–Trinajstić information content (AvgIpc) is 2.38. The molecule has 0 aromatic rings. The Balaban J connectivity index is 1.86. The first-order valence-electron chi connectivity index (χ1n) is 7.02. The highest BCUT2D eigenvalue weighted by Gasteiger charge is 2.32. The number of ether oxygens (including phenoxy) is 2. The Kier molecular flexibility index (Phi) is 5.11. The van der Waals surface area contributed by atoms with Gasteiger partial charge in [-0.3, -0.25) is 0 Å². The molecule has 0 radical (unpaired) electrons. The van der Waals surface area contributed by atoms with Crippen molar-refractivity contribution in [1.82, 2.24) is 0 Å². The fourth-order valence-electron chi connectivity index (χ4n) is 3.59. The molecule has 2 fully saturated rings. The summed E-state index contributed by atoms with van der Waals surface area (Å²) in [5.41, 5.74) is 0. The van der Waals surface area contributed by atoms with Gasteiger partial charge in [0.25, 0.3) is 0 Å². The van der Waals surface area contributed by atoms with Gasteiger partial charge in [0.15, 0.2) is 0 Å². The molecule has 0 aliphatic heterocycles. The quantitative estimate of drug-likeness (QED) is 0.680. The molecule has 2 rings (SSSR count). The zero-order valence-corrected chi connectivity index (χ0v) is 10.6. The summed E-state index contributed by atoms with van der Waals surface area (Å²) in [6.07, 6.45) is 13.1. The van der Waals surface area contributed by atoms with Gasteiger partial charge in [-0.05, 0) is 24.7 Å². The van der Waals surface area contributed by atoms with Crippen molar-refractivity contribution in [2.75, 3.05) is 13.9 Å². The molecule has 94 valence electrons. The summed E-state index contributed by atoms with van der Waals surface area (Å²) in [5.74, 6) is 1.76. The van der Waals surface area contributed by atoms with Crippen LogP contribution < -0.4 is 0 Å². The van der Waals surface area contributed by atoms with Crippen molar-refractivity contribution in [1.29, 1.82) is 0 Å². The molecule has 16 heavy (non-hydrogen) atoms. The van der Waals surface area contributed by atoms with Crippen molar-refractivity contribution in [3.05, 3.63) is 0 Å². The lowest BCUT2D eigenvalue weighted by molar-refractivity contribution is -0.114. The Labute approximate surface area is 99.7 Å². The van der Waals surface area contributed by atoms with Crippen molar-refractivity contribution in [2.24, 2.45) is 11.8 Å². The van der Waals surface area contributed by atoms with E-state index < -0.39 is 0 Å². The summed E-state index contributed by atoms with van der Waals surface area (Å²) in [7, 11) is 1.72. The van der Waals surface area contributed by atoms with Crippen molar-refractivity contribution in [3.8, 4) is 0 Å². The van der Waals surface area contributed by atoms with Crippen molar-refractivity contribution < 1.29 is 9.47 Å². The van der Waals surface area contributed by atoms with Crippen LogP contribution in [0.25, 0.3) is 0 Å². The van der Waals surface area contributed by atoms with Gasteiger partial charge in [0.2, 0.25) is 0 Å². The summed E-state index contributed by atoms with van der Waals surface area (Å²) in [6.45, 7) is 0.480. The third-order valence-electron chi connectivity index (χ3n) is 4.41. The molecule has 2 atom stereocenters. The molecule has 0 amide bonds. The highest BCUT2D eigenvalue weighted by Crippen LogP contribution is 2.39. The largest absolute Gasteiger partial charge is 0.359 e. The molecular weight excluding hydrogens is 200 g/mol. The normalized spacial score (nSPS) is 32.8. The van der Waals surface area contributed by atoms with Gasteiger partial charge in [-0.1, -0.05) is 44.9 Å². The van der Waals surface area contributed by atoms with Gasteiger partial charge in [-0.15, -0.1) is 0 Å². The molecule has 2 aliphatic rings. The lowest BCUT2D eigenvalue weighted by Gasteiger charge is -2.38. The van der Waals surface area contributed by atoms with Crippen LogP contribution in [0.1, 0.15) is 57.8 Å². The highest BCUT2D eigenvalue weighted by atomic mass is 16.7. The van der Waals surface area contributed by atoms with Crippen LogP contribution >= 0.6 is 0 Å². The summed E-state index contributed by atoms with van der Waals surface area (Å²) in [6, 6.07) is 0. The molecule has 0 bridgehead atoms. The van der Waals surface area contributed by atoms with E-state index in [-0.39, 0.29) is 0 Å². The van der Waals surface area contributed by atoms with E-state index in [4.69, 9.17) is 9.47 Å². The van der Waals surface area contributed by atoms with Crippen molar-refractivity contribution >= 4 is 0 Å². The SMILES string of the molecule is COCOC1CCCCC1C1CCCCC1. The number of hydrogen-bond acceptors (Lipinski definition) is 2. The molecular formula is C14H26O2. The van der Waals surface area contributed by atoms with Crippen LogP contribution in [0.15, 0.2) is 0 Å². The lowest BCUT2D eigenvalue weighted by atomic mass is 9.72. The maximum Gasteiger partial charge on any atom is 0.146 e. The molecule has 0 N–H and O–H groups in total. The molecule has 2 nitrogen and oxygen atoms in total.